The second-order valence-corrected chi connectivity index (χ2v) is 6.40. The molecule has 2 aromatic rings. The zero-order valence-electron chi connectivity index (χ0n) is 13.3. The van der Waals surface area contributed by atoms with E-state index in [1.165, 1.54) is 0 Å². The van der Waals surface area contributed by atoms with Crippen molar-refractivity contribution in [1.82, 2.24) is 9.88 Å². The van der Waals surface area contributed by atoms with Crippen LogP contribution in [-0.2, 0) is 0 Å². The molecule has 0 unspecified atom stereocenters. The fourth-order valence-corrected chi connectivity index (χ4v) is 2.42. The number of hydrogen-bond acceptors (Lipinski definition) is 4. The SMILES string of the molecule is CN(C)CCCNc1ccc(NC(=O)c2cccc(Br)c2)nc1. The lowest BCUT2D eigenvalue weighted by Gasteiger charge is -2.11. The summed E-state index contributed by atoms with van der Waals surface area (Å²) in [6.45, 7) is 1.94. The van der Waals surface area contributed by atoms with Crippen LogP contribution in [0.1, 0.15) is 16.8 Å². The van der Waals surface area contributed by atoms with Crippen molar-refractivity contribution in [3.63, 3.8) is 0 Å². The second-order valence-electron chi connectivity index (χ2n) is 5.48. The van der Waals surface area contributed by atoms with Crippen LogP contribution in [0.5, 0.6) is 0 Å². The van der Waals surface area contributed by atoms with Crippen molar-refractivity contribution in [2.75, 3.05) is 37.8 Å². The van der Waals surface area contributed by atoms with Crippen LogP contribution in [0, 0.1) is 0 Å². The Hall–Kier alpha value is -1.92. The van der Waals surface area contributed by atoms with Crippen molar-refractivity contribution >= 4 is 33.3 Å². The van der Waals surface area contributed by atoms with Crippen LogP contribution in [0.2, 0.25) is 0 Å². The second kappa shape index (κ2) is 8.64. The highest BCUT2D eigenvalue weighted by molar-refractivity contribution is 9.10. The highest BCUT2D eigenvalue weighted by atomic mass is 79.9. The Morgan fingerprint density at radius 1 is 1.26 bits per heavy atom. The van der Waals surface area contributed by atoms with E-state index in [4.69, 9.17) is 0 Å². The maximum atomic E-state index is 12.1. The third kappa shape index (κ3) is 6.00. The van der Waals surface area contributed by atoms with Crippen molar-refractivity contribution in [3.05, 3.63) is 52.6 Å². The molecule has 6 heteroatoms. The molecule has 0 saturated heterocycles. The van der Waals surface area contributed by atoms with Gasteiger partial charge in [0.05, 0.1) is 11.9 Å². The summed E-state index contributed by atoms with van der Waals surface area (Å²) in [4.78, 5) is 18.6. The molecule has 0 saturated carbocycles. The molecule has 0 fully saturated rings. The number of hydrogen-bond donors (Lipinski definition) is 2. The van der Waals surface area contributed by atoms with Gasteiger partial charge >= 0.3 is 0 Å². The van der Waals surface area contributed by atoms with Gasteiger partial charge in [0, 0.05) is 16.6 Å². The minimum Gasteiger partial charge on any atom is -0.384 e. The molecule has 0 atom stereocenters. The van der Waals surface area contributed by atoms with Crippen molar-refractivity contribution < 1.29 is 4.79 Å². The first kappa shape index (κ1) is 17.4. The van der Waals surface area contributed by atoms with Gasteiger partial charge in [0.2, 0.25) is 0 Å². The van der Waals surface area contributed by atoms with E-state index in [1.54, 1.807) is 24.4 Å². The van der Waals surface area contributed by atoms with Gasteiger partial charge in [-0.15, -0.1) is 0 Å². The standard InChI is InChI=1S/C17H21BrN4O/c1-22(2)10-4-9-19-15-7-8-16(20-12-15)21-17(23)13-5-3-6-14(18)11-13/h3,5-8,11-12,19H,4,9-10H2,1-2H3,(H,20,21,23). The summed E-state index contributed by atoms with van der Waals surface area (Å²) in [5, 5.41) is 6.10. The number of carbonyl (C=O) groups is 1. The lowest BCUT2D eigenvalue weighted by molar-refractivity contribution is 0.102. The van der Waals surface area contributed by atoms with Crippen molar-refractivity contribution in [2.24, 2.45) is 0 Å². The average Bonchev–Trinajstić information content (AvgIpc) is 2.53. The first-order valence-corrected chi connectivity index (χ1v) is 8.25. The van der Waals surface area contributed by atoms with Gasteiger partial charge in [0.1, 0.15) is 5.82 Å². The predicted octanol–water partition coefficient (Wildman–Crippen LogP) is 3.46. The number of nitrogens with zero attached hydrogens (tertiary/aromatic N) is 2. The van der Waals surface area contributed by atoms with E-state index in [0.29, 0.717) is 11.4 Å². The maximum absolute atomic E-state index is 12.1. The molecule has 1 amide bonds. The molecule has 122 valence electrons. The first-order valence-electron chi connectivity index (χ1n) is 7.46. The Kier molecular flexibility index (Phi) is 6.55. The van der Waals surface area contributed by atoms with Crippen molar-refractivity contribution in [3.8, 4) is 0 Å². The fourth-order valence-electron chi connectivity index (χ4n) is 2.02. The van der Waals surface area contributed by atoms with Gasteiger partial charge < -0.3 is 15.5 Å². The third-order valence-electron chi connectivity index (χ3n) is 3.20. The van der Waals surface area contributed by atoms with E-state index in [-0.39, 0.29) is 5.91 Å². The van der Waals surface area contributed by atoms with Gasteiger partial charge in [-0.05, 0) is 57.4 Å². The summed E-state index contributed by atoms with van der Waals surface area (Å²) >= 11 is 3.36. The van der Waals surface area contributed by atoms with Gasteiger partial charge in [0.15, 0.2) is 0 Å². The average molecular weight is 377 g/mol. The molecule has 0 aliphatic carbocycles. The summed E-state index contributed by atoms with van der Waals surface area (Å²) in [6, 6.07) is 11.0. The molecule has 0 spiro atoms. The molecular formula is C17H21BrN4O. The highest BCUT2D eigenvalue weighted by Crippen LogP contribution is 2.14. The van der Waals surface area contributed by atoms with Crippen LogP contribution < -0.4 is 10.6 Å². The largest absolute Gasteiger partial charge is 0.384 e. The minimum absolute atomic E-state index is 0.175. The first-order chi connectivity index (χ1) is 11.0. The number of amides is 1. The van der Waals surface area contributed by atoms with Crippen molar-refractivity contribution in [2.45, 2.75) is 6.42 Å². The van der Waals surface area contributed by atoms with Crippen molar-refractivity contribution in [1.29, 1.82) is 0 Å². The quantitative estimate of drug-likeness (QED) is 0.726. The summed E-state index contributed by atoms with van der Waals surface area (Å²) in [7, 11) is 4.12. The van der Waals surface area contributed by atoms with Gasteiger partial charge in [-0.25, -0.2) is 4.98 Å². The zero-order chi connectivity index (χ0) is 16.7. The number of carbonyl (C=O) groups excluding carboxylic acids is 1. The Bertz CT molecular complexity index is 643. The fraction of sp³-hybridized carbons (Fsp3) is 0.294. The number of benzene rings is 1. The van der Waals surface area contributed by atoms with Crippen LogP contribution in [-0.4, -0.2) is 43.0 Å². The van der Waals surface area contributed by atoms with Crippen LogP contribution in [0.3, 0.4) is 0 Å². The van der Waals surface area contributed by atoms with Gasteiger partial charge in [-0.3, -0.25) is 4.79 Å². The minimum atomic E-state index is -0.175. The van der Waals surface area contributed by atoms with E-state index in [0.717, 1.165) is 29.7 Å². The Labute approximate surface area is 145 Å². The number of anilines is 2. The van der Waals surface area contributed by atoms with Crippen LogP contribution >= 0.6 is 15.9 Å². The van der Waals surface area contributed by atoms with Gasteiger partial charge in [0.25, 0.3) is 5.91 Å². The van der Waals surface area contributed by atoms with E-state index < -0.39 is 0 Å². The van der Waals surface area contributed by atoms with Gasteiger partial charge in [-0.1, -0.05) is 22.0 Å². The third-order valence-corrected chi connectivity index (χ3v) is 3.70. The monoisotopic (exact) mass is 376 g/mol. The van der Waals surface area contributed by atoms with E-state index >= 15 is 0 Å². The molecule has 2 rings (SSSR count). The van der Waals surface area contributed by atoms with Crippen LogP contribution in [0.25, 0.3) is 0 Å². The number of halogens is 1. The predicted molar refractivity (Wildman–Crippen MR) is 98.0 cm³/mol. The lowest BCUT2D eigenvalue weighted by Crippen LogP contribution is -2.16. The van der Waals surface area contributed by atoms with Crippen LogP contribution in [0.4, 0.5) is 11.5 Å². The summed E-state index contributed by atoms with van der Waals surface area (Å²) in [5.74, 6) is 0.360. The molecule has 1 aromatic heterocycles. The summed E-state index contributed by atoms with van der Waals surface area (Å²) in [5.41, 5.74) is 1.54. The van der Waals surface area contributed by atoms with Crippen LogP contribution in [0.15, 0.2) is 47.1 Å². The van der Waals surface area contributed by atoms with E-state index in [1.807, 2.05) is 18.2 Å². The normalized spacial score (nSPS) is 10.6. The number of pyridine rings is 1. The Morgan fingerprint density at radius 3 is 2.74 bits per heavy atom. The molecule has 2 N–H and O–H groups in total. The van der Waals surface area contributed by atoms with E-state index in [2.05, 4.69) is 50.5 Å². The Balaban J connectivity index is 1.86. The number of rotatable bonds is 7. The number of aromatic nitrogens is 1. The molecule has 23 heavy (non-hydrogen) atoms. The molecular weight excluding hydrogens is 356 g/mol. The molecule has 0 radical (unpaired) electrons. The Morgan fingerprint density at radius 2 is 2.09 bits per heavy atom. The summed E-state index contributed by atoms with van der Waals surface area (Å²) in [6.07, 6.45) is 2.79. The van der Waals surface area contributed by atoms with Gasteiger partial charge in [-0.2, -0.15) is 0 Å². The summed E-state index contributed by atoms with van der Waals surface area (Å²) < 4.78 is 0.871. The lowest BCUT2D eigenvalue weighted by atomic mass is 10.2. The van der Waals surface area contributed by atoms with E-state index in [9.17, 15) is 4.79 Å². The number of nitrogens with one attached hydrogen (secondary N) is 2. The molecule has 0 bridgehead atoms. The maximum Gasteiger partial charge on any atom is 0.256 e. The highest BCUT2D eigenvalue weighted by Gasteiger charge is 2.07. The molecule has 1 heterocycles. The molecule has 1 aromatic carbocycles. The topological polar surface area (TPSA) is 57.3 Å². The molecule has 5 nitrogen and oxygen atoms in total. The molecule has 0 aliphatic rings. The zero-order valence-corrected chi connectivity index (χ0v) is 14.9. The molecule has 0 aliphatic heterocycles. The smallest absolute Gasteiger partial charge is 0.256 e.